The molecule has 276 valence electrons. The maximum Gasteiger partial charge on any atom is 0.303 e. The summed E-state index contributed by atoms with van der Waals surface area (Å²) in [6.07, 6.45) is -12.4. The molecule has 0 bridgehead atoms. The first-order chi connectivity index (χ1) is 23.0. The van der Waals surface area contributed by atoms with E-state index in [-0.39, 0.29) is 6.61 Å². The van der Waals surface area contributed by atoms with E-state index in [0.29, 0.717) is 12.8 Å². The molecule has 18 heteroatoms. The molecule has 2 rings (SSSR count). The lowest BCUT2D eigenvalue weighted by molar-refractivity contribution is -0.361. The van der Waals surface area contributed by atoms with Crippen LogP contribution in [0.5, 0.6) is 0 Å². The lowest BCUT2D eigenvalue weighted by Gasteiger charge is -2.48. The van der Waals surface area contributed by atoms with E-state index in [2.05, 4.69) is 6.58 Å². The highest BCUT2D eigenvalue weighted by Gasteiger charge is 2.57. The van der Waals surface area contributed by atoms with Crippen LogP contribution < -0.4 is 0 Å². The zero-order valence-corrected chi connectivity index (χ0v) is 28.4. The van der Waals surface area contributed by atoms with Crippen LogP contribution in [0.25, 0.3) is 0 Å². The third-order valence-electron chi connectivity index (χ3n) is 6.72. The van der Waals surface area contributed by atoms with Gasteiger partial charge in [0.15, 0.2) is 43.1 Å². The fourth-order valence-electron chi connectivity index (χ4n) is 5.03. The van der Waals surface area contributed by atoms with E-state index >= 15 is 0 Å². The lowest BCUT2D eigenvalue weighted by atomic mass is 9.96. The summed E-state index contributed by atoms with van der Waals surface area (Å²) in [5.74, 6) is -5.76. The van der Waals surface area contributed by atoms with Gasteiger partial charge < -0.3 is 52.1 Å². The summed E-state index contributed by atoms with van der Waals surface area (Å²) in [4.78, 5) is 85.0. The zero-order valence-electron chi connectivity index (χ0n) is 28.4. The molecule has 0 aromatic carbocycles. The van der Waals surface area contributed by atoms with Crippen LogP contribution in [0.4, 0.5) is 0 Å². The Morgan fingerprint density at radius 3 is 1.37 bits per heavy atom. The monoisotopic (exact) mass is 704 g/mol. The van der Waals surface area contributed by atoms with Gasteiger partial charge in [-0.1, -0.05) is 6.08 Å². The Morgan fingerprint density at radius 1 is 0.531 bits per heavy atom. The van der Waals surface area contributed by atoms with Gasteiger partial charge in [0.1, 0.15) is 31.5 Å². The van der Waals surface area contributed by atoms with Gasteiger partial charge in [0.2, 0.25) is 0 Å². The van der Waals surface area contributed by atoms with Crippen molar-refractivity contribution in [3.63, 3.8) is 0 Å². The van der Waals surface area contributed by atoms with E-state index in [1.165, 1.54) is 0 Å². The topological polar surface area (TPSA) is 221 Å². The van der Waals surface area contributed by atoms with Gasteiger partial charge in [0.25, 0.3) is 0 Å². The molecule has 2 saturated heterocycles. The minimum absolute atomic E-state index is 0.0900. The molecular weight excluding hydrogens is 660 g/mol. The van der Waals surface area contributed by atoms with Gasteiger partial charge in [0.05, 0.1) is 6.61 Å². The second kappa shape index (κ2) is 19.8. The highest BCUT2D eigenvalue weighted by Crippen LogP contribution is 2.35. The molecular formula is C31H44O18. The molecule has 0 unspecified atom stereocenters. The van der Waals surface area contributed by atoms with Crippen LogP contribution >= 0.6 is 0 Å². The average Bonchev–Trinajstić information content (AvgIpc) is 2.97. The van der Waals surface area contributed by atoms with Crippen LogP contribution in [-0.4, -0.2) is 123 Å². The van der Waals surface area contributed by atoms with Gasteiger partial charge in [0, 0.05) is 48.5 Å². The minimum Gasteiger partial charge on any atom is -0.463 e. The predicted molar refractivity (Wildman–Crippen MR) is 159 cm³/mol. The Hall–Kier alpha value is -4.13. The average molecular weight is 705 g/mol. The first-order valence-corrected chi connectivity index (χ1v) is 15.4. The van der Waals surface area contributed by atoms with Crippen molar-refractivity contribution < 1.29 is 85.7 Å². The highest BCUT2D eigenvalue weighted by atomic mass is 16.8. The summed E-state index contributed by atoms with van der Waals surface area (Å²) < 4.78 is 61.9. The Bertz CT molecular complexity index is 1200. The first kappa shape index (κ1) is 41.0. The molecule has 49 heavy (non-hydrogen) atoms. The number of hydrogen-bond acceptors (Lipinski definition) is 18. The minimum atomic E-state index is -1.77. The summed E-state index contributed by atoms with van der Waals surface area (Å²) in [7, 11) is 0. The quantitative estimate of drug-likeness (QED) is 0.0928. The maximum atomic E-state index is 12.4. The fourth-order valence-corrected chi connectivity index (χ4v) is 5.03. The predicted octanol–water partition coefficient (Wildman–Crippen LogP) is 0.589. The molecule has 0 aromatic heterocycles. The number of carbonyl (C=O) groups excluding carboxylic acids is 7. The van der Waals surface area contributed by atoms with Crippen LogP contribution in [0.2, 0.25) is 0 Å². The van der Waals surface area contributed by atoms with Crippen molar-refractivity contribution in [3.8, 4) is 0 Å². The molecule has 10 atom stereocenters. The number of hydrogen-bond donors (Lipinski definition) is 0. The van der Waals surface area contributed by atoms with Gasteiger partial charge in [-0.15, -0.1) is 6.58 Å². The molecule has 0 N–H and O–H groups in total. The Kier molecular flexibility index (Phi) is 16.6. The van der Waals surface area contributed by atoms with E-state index in [9.17, 15) is 33.6 Å². The van der Waals surface area contributed by atoms with Crippen LogP contribution in [0, 0.1) is 0 Å². The van der Waals surface area contributed by atoms with Crippen molar-refractivity contribution in [2.45, 2.75) is 123 Å². The van der Waals surface area contributed by atoms with Gasteiger partial charge >= 0.3 is 41.8 Å². The summed E-state index contributed by atoms with van der Waals surface area (Å²) in [6, 6.07) is 0. The summed E-state index contributed by atoms with van der Waals surface area (Å²) in [6.45, 7) is 10.2. The number of rotatable bonds is 16. The number of allylic oxidation sites excluding steroid dienone is 1. The second-order valence-electron chi connectivity index (χ2n) is 11.0. The largest absolute Gasteiger partial charge is 0.463 e. The Morgan fingerprint density at radius 2 is 0.918 bits per heavy atom. The summed E-state index contributed by atoms with van der Waals surface area (Å²) >= 11 is 0. The third kappa shape index (κ3) is 13.4. The molecule has 0 radical (unpaired) electrons. The van der Waals surface area contributed by atoms with E-state index in [4.69, 9.17) is 52.1 Å². The van der Waals surface area contributed by atoms with Gasteiger partial charge in [-0.25, -0.2) is 0 Å². The molecule has 0 spiro atoms. The lowest BCUT2D eigenvalue weighted by Crippen LogP contribution is -2.67. The second-order valence-corrected chi connectivity index (χ2v) is 11.0. The zero-order chi connectivity index (χ0) is 36.8. The van der Waals surface area contributed by atoms with E-state index in [1.807, 2.05) is 0 Å². The van der Waals surface area contributed by atoms with Gasteiger partial charge in [-0.2, -0.15) is 0 Å². The number of carbonyl (C=O) groups is 7. The van der Waals surface area contributed by atoms with Crippen molar-refractivity contribution in [1.29, 1.82) is 0 Å². The van der Waals surface area contributed by atoms with Crippen molar-refractivity contribution in [2.75, 3.05) is 19.8 Å². The van der Waals surface area contributed by atoms with Crippen LogP contribution in [0.3, 0.4) is 0 Å². The van der Waals surface area contributed by atoms with E-state index in [1.54, 1.807) is 6.08 Å². The maximum absolute atomic E-state index is 12.4. The summed E-state index contributed by atoms with van der Waals surface area (Å²) in [5.41, 5.74) is 0. The van der Waals surface area contributed by atoms with Gasteiger partial charge in [-0.3, -0.25) is 33.6 Å². The van der Waals surface area contributed by atoms with Gasteiger partial charge in [-0.05, 0) is 12.8 Å². The molecule has 0 aromatic rings. The molecule has 2 aliphatic rings. The molecule has 18 nitrogen and oxygen atoms in total. The molecule has 0 aliphatic carbocycles. The number of esters is 7. The van der Waals surface area contributed by atoms with Crippen LogP contribution in [0.15, 0.2) is 12.7 Å². The fraction of sp³-hybridized carbons (Fsp3) is 0.710. The third-order valence-corrected chi connectivity index (χ3v) is 6.72. The molecule has 0 amide bonds. The molecule has 2 fully saturated rings. The van der Waals surface area contributed by atoms with E-state index in [0.717, 1.165) is 48.5 Å². The van der Waals surface area contributed by atoms with Crippen molar-refractivity contribution in [3.05, 3.63) is 12.7 Å². The normalized spacial score (nSPS) is 29.4. The molecule has 2 heterocycles. The van der Waals surface area contributed by atoms with Crippen LogP contribution in [-0.2, 0) is 85.7 Å². The highest BCUT2D eigenvalue weighted by molar-refractivity contribution is 5.69. The number of ether oxygens (including phenoxy) is 11. The summed E-state index contributed by atoms with van der Waals surface area (Å²) in [5, 5.41) is 0. The molecule has 0 saturated carbocycles. The van der Waals surface area contributed by atoms with Crippen LogP contribution in [0.1, 0.15) is 61.3 Å². The van der Waals surface area contributed by atoms with E-state index < -0.39 is 116 Å². The Balaban J connectivity index is 2.70. The SMILES string of the molecule is C=CCCCO[C@@H]1O[C@H](COC(C)=O)[C@@H](O[C@@H]2O[C@H](COC(C)=O)[C@H](OC(C)=O)[C@H](OC(C)=O)[C@H]2OC(C)=O)[C@H](OC(C)=O)[C@H]1OC(C)=O. The first-order valence-electron chi connectivity index (χ1n) is 15.4. The Labute approximate surface area is 282 Å². The molecule has 2 aliphatic heterocycles. The number of unbranched alkanes of at least 4 members (excludes halogenated alkanes) is 1. The smallest absolute Gasteiger partial charge is 0.303 e. The van der Waals surface area contributed by atoms with Crippen molar-refractivity contribution in [1.82, 2.24) is 0 Å². The standard InChI is InChI=1S/C31H44O18/c1-9-10-11-12-39-30-28(45-20(7)37)27(44-19(6)36)25(23(47-30)14-41-16(3)33)49-31-29(46-21(8)38)26(43-18(5)35)24(42-17(4)34)22(48-31)13-40-15(2)32/h9,22-31H,1,10-14H2,2-8H3/t22-,23-,24+,25-,26+,27+,28-,29-,30-,31+/m1/s1. The van der Waals surface area contributed by atoms with Crippen molar-refractivity contribution in [2.24, 2.45) is 0 Å². The van der Waals surface area contributed by atoms with Crippen molar-refractivity contribution >= 4 is 41.8 Å².